The van der Waals surface area contributed by atoms with Crippen molar-refractivity contribution in [3.63, 3.8) is 0 Å². The number of benzene rings is 1. The van der Waals surface area contributed by atoms with Crippen LogP contribution in [0.15, 0.2) is 23.1 Å². The summed E-state index contributed by atoms with van der Waals surface area (Å²) in [6.45, 7) is 1.52. The van der Waals surface area contributed by atoms with Gasteiger partial charge in [0.1, 0.15) is 0 Å². The molecule has 0 aromatic heterocycles. The van der Waals surface area contributed by atoms with Crippen LogP contribution in [0.3, 0.4) is 0 Å². The van der Waals surface area contributed by atoms with Gasteiger partial charge in [-0.2, -0.15) is 13.2 Å². The minimum absolute atomic E-state index is 0.0267. The molecule has 0 bridgehead atoms. The van der Waals surface area contributed by atoms with Crippen molar-refractivity contribution >= 4 is 21.6 Å². The van der Waals surface area contributed by atoms with Crippen LogP contribution in [-0.2, 0) is 16.2 Å². The van der Waals surface area contributed by atoms with Crippen molar-refractivity contribution < 1.29 is 21.6 Å². The second-order valence-electron chi connectivity index (χ2n) is 3.90. The maximum atomic E-state index is 12.6. The number of rotatable bonds is 4. The van der Waals surface area contributed by atoms with E-state index in [0.717, 1.165) is 12.1 Å². The summed E-state index contributed by atoms with van der Waals surface area (Å²) in [7, 11) is -4.06. The van der Waals surface area contributed by atoms with Crippen LogP contribution >= 0.6 is 11.6 Å². The number of alkyl halides is 3. The van der Waals surface area contributed by atoms with E-state index in [2.05, 4.69) is 4.72 Å². The number of halogens is 4. The Bertz CT molecular complexity index is 560. The van der Waals surface area contributed by atoms with E-state index in [1.54, 1.807) is 0 Å². The van der Waals surface area contributed by atoms with E-state index in [4.69, 9.17) is 17.3 Å². The number of hydrogen-bond donors (Lipinski definition) is 2. The first kappa shape index (κ1) is 16.2. The second-order valence-corrected chi connectivity index (χ2v) is 6.02. The number of nitrogens with two attached hydrogens (primary N) is 1. The lowest BCUT2D eigenvalue weighted by Gasteiger charge is -2.14. The topological polar surface area (TPSA) is 72.2 Å². The molecular formula is C10H12ClF3N2O2S. The lowest BCUT2D eigenvalue weighted by Crippen LogP contribution is -2.37. The summed E-state index contributed by atoms with van der Waals surface area (Å²) < 4.78 is 63.7. The van der Waals surface area contributed by atoms with E-state index in [-0.39, 0.29) is 6.54 Å². The van der Waals surface area contributed by atoms with Crippen molar-refractivity contribution in [2.75, 3.05) is 6.54 Å². The highest BCUT2D eigenvalue weighted by Gasteiger charge is 2.34. The molecule has 0 aliphatic carbocycles. The zero-order chi connectivity index (χ0) is 14.8. The third-order valence-corrected chi connectivity index (χ3v) is 4.18. The zero-order valence-electron chi connectivity index (χ0n) is 9.83. The molecule has 0 spiro atoms. The fourth-order valence-corrected chi connectivity index (χ4v) is 2.78. The van der Waals surface area contributed by atoms with E-state index in [1.165, 1.54) is 6.92 Å². The molecule has 0 aliphatic heterocycles. The van der Waals surface area contributed by atoms with Crippen molar-refractivity contribution in [3.05, 3.63) is 28.8 Å². The fraction of sp³-hybridized carbons (Fsp3) is 0.400. The molecule has 0 amide bonds. The zero-order valence-corrected chi connectivity index (χ0v) is 11.4. The van der Waals surface area contributed by atoms with Crippen molar-refractivity contribution in [3.8, 4) is 0 Å². The molecule has 19 heavy (non-hydrogen) atoms. The van der Waals surface area contributed by atoms with Crippen molar-refractivity contribution in [1.82, 2.24) is 4.72 Å². The van der Waals surface area contributed by atoms with Gasteiger partial charge in [-0.15, -0.1) is 0 Å². The third-order valence-electron chi connectivity index (χ3n) is 2.26. The Kier molecular flexibility index (Phi) is 4.83. The van der Waals surface area contributed by atoms with Gasteiger partial charge in [-0.05, 0) is 25.1 Å². The minimum Gasteiger partial charge on any atom is -0.329 e. The summed E-state index contributed by atoms with van der Waals surface area (Å²) in [4.78, 5) is -0.510. The summed E-state index contributed by atoms with van der Waals surface area (Å²) in [5.74, 6) is 0. The summed E-state index contributed by atoms with van der Waals surface area (Å²) >= 11 is 5.41. The SMILES string of the molecule is C[C@@H](CN)NS(=O)(=O)c1ccc(Cl)c(C(F)(F)F)c1. The summed E-state index contributed by atoms with van der Waals surface area (Å²) in [5, 5.41) is -0.557. The molecule has 1 atom stereocenters. The van der Waals surface area contributed by atoms with Crippen LogP contribution in [0.5, 0.6) is 0 Å². The van der Waals surface area contributed by atoms with Crippen LogP contribution in [0.2, 0.25) is 5.02 Å². The van der Waals surface area contributed by atoms with E-state index >= 15 is 0 Å². The molecule has 4 nitrogen and oxygen atoms in total. The van der Waals surface area contributed by atoms with Gasteiger partial charge in [0.15, 0.2) is 0 Å². The Morgan fingerprint density at radius 3 is 2.47 bits per heavy atom. The summed E-state index contributed by atoms with van der Waals surface area (Å²) in [6, 6.07) is 1.80. The molecule has 1 aromatic rings. The molecule has 0 unspecified atom stereocenters. The molecule has 0 fully saturated rings. The molecule has 108 valence electrons. The molecule has 0 radical (unpaired) electrons. The molecule has 9 heteroatoms. The number of sulfonamides is 1. The van der Waals surface area contributed by atoms with Gasteiger partial charge in [-0.3, -0.25) is 0 Å². The van der Waals surface area contributed by atoms with Gasteiger partial charge in [0, 0.05) is 12.6 Å². The predicted octanol–water partition coefficient (Wildman–Crippen LogP) is 1.98. The predicted molar refractivity (Wildman–Crippen MR) is 65.3 cm³/mol. The Labute approximate surface area is 113 Å². The van der Waals surface area contributed by atoms with Gasteiger partial charge in [-0.1, -0.05) is 11.6 Å². The van der Waals surface area contributed by atoms with Gasteiger partial charge < -0.3 is 5.73 Å². The Balaban J connectivity index is 3.23. The van der Waals surface area contributed by atoms with Gasteiger partial charge in [0.2, 0.25) is 10.0 Å². The van der Waals surface area contributed by atoms with Gasteiger partial charge in [0.05, 0.1) is 15.5 Å². The number of hydrogen-bond acceptors (Lipinski definition) is 3. The Morgan fingerprint density at radius 2 is 2.00 bits per heavy atom. The average Bonchev–Trinajstić information content (AvgIpc) is 2.26. The normalized spacial score (nSPS) is 14.4. The highest BCUT2D eigenvalue weighted by molar-refractivity contribution is 7.89. The first-order valence-corrected chi connectivity index (χ1v) is 7.03. The maximum Gasteiger partial charge on any atom is 0.417 e. The van der Waals surface area contributed by atoms with Gasteiger partial charge in [-0.25, -0.2) is 13.1 Å². The Hall–Kier alpha value is -0.830. The molecule has 0 saturated heterocycles. The molecule has 0 saturated carbocycles. The van der Waals surface area contributed by atoms with Crippen LogP contribution in [-0.4, -0.2) is 21.0 Å². The maximum absolute atomic E-state index is 12.6. The molecule has 1 aromatic carbocycles. The monoisotopic (exact) mass is 316 g/mol. The average molecular weight is 317 g/mol. The molecular weight excluding hydrogens is 305 g/mol. The van der Waals surface area contributed by atoms with E-state index in [0.29, 0.717) is 6.07 Å². The largest absolute Gasteiger partial charge is 0.417 e. The van der Waals surface area contributed by atoms with E-state index in [1.807, 2.05) is 0 Å². The first-order chi connectivity index (χ1) is 8.58. The summed E-state index contributed by atoms with van der Waals surface area (Å²) in [5.41, 5.74) is 4.06. The molecule has 3 N–H and O–H groups in total. The standard InChI is InChI=1S/C10H12ClF3N2O2S/c1-6(5-15)16-19(17,18)7-2-3-9(11)8(4-7)10(12,13)14/h2-4,6,16H,5,15H2,1H3/t6-/m0/s1. The minimum atomic E-state index is -4.72. The van der Waals surface area contributed by atoms with E-state index < -0.39 is 37.7 Å². The van der Waals surface area contributed by atoms with Crippen molar-refractivity contribution in [1.29, 1.82) is 0 Å². The van der Waals surface area contributed by atoms with Gasteiger partial charge in [0.25, 0.3) is 0 Å². The molecule has 1 rings (SSSR count). The van der Waals surface area contributed by atoms with Crippen LogP contribution in [0.1, 0.15) is 12.5 Å². The molecule has 0 aliphatic rings. The highest BCUT2D eigenvalue weighted by Crippen LogP contribution is 2.35. The smallest absolute Gasteiger partial charge is 0.329 e. The van der Waals surface area contributed by atoms with Crippen LogP contribution in [0.4, 0.5) is 13.2 Å². The number of nitrogens with one attached hydrogen (secondary N) is 1. The quantitative estimate of drug-likeness (QED) is 0.892. The van der Waals surface area contributed by atoms with Crippen molar-refractivity contribution in [2.45, 2.75) is 24.0 Å². The van der Waals surface area contributed by atoms with Crippen LogP contribution < -0.4 is 10.5 Å². The second kappa shape index (κ2) is 5.66. The van der Waals surface area contributed by atoms with Gasteiger partial charge >= 0.3 is 6.18 Å². The summed E-state index contributed by atoms with van der Waals surface area (Å²) in [6.07, 6.45) is -4.72. The van der Waals surface area contributed by atoms with Crippen LogP contribution in [0, 0.1) is 0 Å². The molecule has 0 heterocycles. The first-order valence-electron chi connectivity index (χ1n) is 5.17. The van der Waals surface area contributed by atoms with E-state index in [9.17, 15) is 21.6 Å². The highest BCUT2D eigenvalue weighted by atomic mass is 35.5. The fourth-order valence-electron chi connectivity index (χ4n) is 1.27. The third kappa shape index (κ3) is 4.07. The lowest BCUT2D eigenvalue weighted by atomic mass is 10.2. The Morgan fingerprint density at radius 1 is 1.42 bits per heavy atom. The van der Waals surface area contributed by atoms with Crippen molar-refractivity contribution in [2.24, 2.45) is 5.73 Å². The van der Waals surface area contributed by atoms with Crippen LogP contribution in [0.25, 0.3) is 0 Å². The lowest BCUT2D eigenvalue weighted by molar-refractivity contribution is -0.137.